The van der Waals surface area contributed by atoms with E-state index < -0.39 is 18.7 Å². The summed E-state index contributed by atoms with van der Waals surface area (Å²) < 4.78 is 40.3. The molecule has 0 aliphatic heterocycles. The Morgan fingerprint density at radius 3 is 2.42 bits per heavy atom. The Balaban J connectivity index is 2.30. The molecule has 0 aromatic heterocycles. The van der Waals surface area contributed by atoms with Crippen molar-refractivity contribution in [3.8, 4) is 5.75 Å². The Kier molecular flexibility index (Phi) is 5.58. The van der Waals surface area contributed by atoms with Gasteiger partial charge in [-0.2, -0.15) is 18.7 Å². The molecule has 0 aliphatic rings. The lowest BCUT2D eigenvalue weighted by Gasteiger charge is -2.09. The van der Waals surface area contributed by atoms with E-state index in [0.29, 0.717) is 11.3 Å². The standard InChI is InChI=1S/C11H13F3N2O3/c12-11(13,14)7-19-16-5-8-1-3-9(4-2-8)18-6-10(15)17/h1-4,16H,5-7H2,(H2,15,17). The summed E-state index contributed by atoms with van der Waals surface area (Å²) in [5.74, 6) is -0.148. The predicted octanol–water partition coefficient (Wildman–Crippen LogP) is 1.13. The monoisotopic (exact) mass is 278 g/mol. The topological polar surface area (TPSA) is 73.6 Å². The highest BCUT2D eigenvalue weighted by Crippen LogP contribution is 2.14. The molecule has 1 rings (SSSR count). The van der Waals surface area contributed by atoms with Crippen LogP contribution in [0.2, 0.25) is 0 Å². The summed E-state index contributed by atoms with van der Waals surface area (Å²) in [6.07, 6.45) is -4.36. The summed E-state index contributed by atoms with van der Waals surface area (Å²) in [6.45, 7) is -1.47. The van der Waals surface area contributed by atoms with Crippen molar-refractivity contribution in [2.24, 2.45) is 5.73 Å². The van der Waals surface area contributed by atoms with Crippen LogP contribution in [0.3, 0.4) is 0 Å². The van der Waals surface area contributed by atoms with Crippen molar-refractivity contribution in [3.05, 3.63) is 29.8 Å². The molecule has 0 heterocycles. The van der Waals surface area contributed by atoms with Crippen molar-refractivity contribution in [1.82, 2.24) is 5.48 Å². The van der Waals surface area contributed by atoms with Gasteiger partial charge in [0.2, 0.25) is 0 Å². The fraction of sp³-hybridized carbons (Fsp3) is 0.364. The minimum atomic E-state index is -4.36. The van der Waals surface area contributed by atoms with Crippen molar-refractivity contribution in [3.63, 3.8) is 0 Å². The molecular weight excluding hydrogens is 265 g/mol. The van der Waals surface area contributed by atoms with Crippen LogP contribution in [0.4, 0.5) is 13.2 Å². The number of nitrogens with one attached hydrogen (secondary N) is 1. The minimum absolute atomic E-state index is 0.117. The number of ether oxygens (including phenoxy) is 1. The normalized spacial score (nSPS) is 11.3. The summed E-state index contributed by atoms with van der Waals surface area (Å²) in [4.78, 5) is 14.7. The first kappa shape index (κ1) is 15.3. The van der Waals surface area contributed by atoms with Crippen molar-refractivity contribution >= 4 is 5.91 Å². The number of nitrogens with two attached hydrogens (primary N) is 1. The molecule has 0 fully saturated rings. The zero-order valence-electron chi connectivity index (χ0n) is 9.87. The lowest BCUT2D eigenvalue weighted by atomic mass is 10.2. The van der Waals surface area contributed by atoms with Gasteiger partial charge in [0.15, 0.2) is 13.2 Å². The van der Waals surface area contributed by atoms with E-state index in [-0.39, 0.29) is 13.2 Å². The van der Waals surface area contributed by atoms with E-state index in [1.54, 1.807) is 24.3 Å². The van der Waals surface area contributed by atoms with Gasteiger partial charge in [0, 0.05) is 6.54 Å². The van der Waals surface area contributed by atoms with Crippen LogP contribution in [0.25, 0.3) is 0 Å². The number of halogens is 3. The molecule has 0 saturated carbocycles. The fourth-order valence-electron chi connectivity index (χ4n) is 1.13. The molecule has 5 nitrogen and oxygen atoms in total. The number of alkyl halides is 3. The first-order chi connectivity index (χ1) is 8.87. The van der Waals surface area contributed by atoms with E-state index in [1.165, 1.54) is 0 Å². The number of carbonyl (C=O) groups is 1. The van der Waals surface area contributed by atoms with Crippen molar-refractivity contribution in [2.45, 2.75) is 12.7 Å². The van der Waals surface area contributed by atoms with Gasteiger partial charge in [-0.05, 0) is 17.7 Å². The second kappa shape index (κ2) is 6.95. The van der Waals surface area contributed by atoms with Crippen LogP contribution in [-0.2, 0) is 16.2 Å². The SMILES string of the molecule is NC(=O)COc1ccc(CNOCC(F)(F)F)cc1. The molecule has 1 amide bonds. The zero-order valence-corrected chi connectivity index (χ0v) is 9.87. The highest BCUT2D eigenvalue weighted by molar-refractivity contribution is 5.75. The second-order valence-electron chi connectivity index (χ2n) is 3.62. The number of benzene rings is 1. The molecule has 0 unspecified atom stereocenters. The van der Waals surface area contributed by atoms with Crippen LogP contribution in [-0.4, -0.2) is 25.3 Å². The molecule has 8 heteroatoms. The lowest BCUT2D eigenvalue weighted by molar-refractivity contribution is -0.190. The van der Waals surface area contributed by atoms with E-state index in [0.717, 1.165) is 0 Å². The Hall–Kier alpha value is -1.80. The lowest BCUT2D eigenvalue weighted by Crippen LogP contribution is -2.24. The highest BCUT2D eigenvalue weighted by atomic mass is 19.4. The highest BCUT2D eigenvalue weighted by Gasteiger charge is 2.27. The largest absolute Gasteiger partial charge is 0.484 e. The van der Waals surface area contributed by atoms with E-state index in [4.69, 9.17) is 10.5 Å². The smallest absolute Gasteiger partial charge is 0.413 e. The number of amides is 1. The molecular formula is C11H13F3N2O3. The number of hydrogen-bond donors (Lipinski definition) is 2. The quantitative estimate of drug-likeness (QED) is 0.579. The van der Waals surface area contributed by atoms with Gasteiger partial charge in [0.25, 0.3) is 5.91 Å². The molecule has 3 N–H and O–H groups in total. The summed E-state index contributed by atoms with van der Waals surface area (Å²) in [5, 5.41) is 0. The van der Waals surface area contributed by atoms with Gasteiger partial charge in [-0.15, -0.1) is 0 Å². The van der Waals surface area contributed by atoms with Gasteiger partial charge in [-0.25, -0.2) is 0 Å². The third-order valence-electron chi connectivity index (χ3n) is 1.92. The van der Waals surface area contributed by atoms with Crippen molar-refractivity contribution in [1.29, 1.82) is 0 Å². The molecule has 0 saturated heterocycles. The molecule has 0 bridgehead atoms. The van der Waals surface area contributed by atoms with E-state index in [9.17, 15) is 18.0 Å². The number of hydroxylamine groups is 1. The zero-order chi connectivity index (χ0) is 14.3. The molecule has 1 aromatic carbocycles. The van der Waals surface area contributed by atoms with E-state index >= 15 is 0 Å². The predicted molar refractivity (Wildman–Crippen MR) is 60.0 cm³/mol. The number of carbonyl (C=O) groups excluding carboxylic acids is 1. The average molecular weight is 278 g/mol. The third-order valence-corrected chi connectivity index (χ3v) is 1.92. The maximum Gasteiger partial charge on any atom is 0.413 e. The average Bonchev–Trinajstić information content (AvgIpc) is 2.32. The molecule has 19 heavy (non-hydrogen) atoms. The van der Waals surface area contributed by atoms with Gasteiger partial charge in [0.05, 0.1) is 0 Å². The van der Waals surface area contributed by atoms with Gasteiger partial charge < -0.3 is 10.5 Å². The van der Waals surface area contributed by atoms with Crippen LogP contribution in [0, 0.1) is 0 Å². The number of rotatable bonds is 7. The number of primary amides is 1. The van der Waals surface area contributed by atoms with Gasteiger partial charge in [0.1, 0.15) is 5.75 Å². The Labute approximate surface area is 107 Å². The van der Waals surface area contributed by atoms with Gasteiger partial charge >= 0.3 is 6.18 Å². The van der Waals surface area contributed by atoms with E-state index in [1.807, 2.05) is 0 Å². The summed E-state index contributed by atoms with van der Waals surface area (Å²) in [7, 11) is 0. The summed E-state index contributed by atoms with van der Waals surface area (Å²) >= 11 is 0. The van der Waals surface area contributed by atoms with Crippen LogP contribution < -0.4 is 16.0 Å². The maximum absolute atomic E-state index is 11.8. The van der Waals surface area contributed by atoms with Crippen LogP contribution in [0.15, 0.2) is 24.3 Å². The minimum Gasteiger partial charge on any atom is -0.484 e. The number of hydrogen-bond acceptors (Lipinski definition) is 4. The summed E-state index contributed by atoms with van der Waals surface area (Å²) in [6, 6.07) is 6.40. The first-order valence-corrected chi connectivity index (χ1v) is 5.28. The summed E-state index contributed by atoms with van der Waals surface area (Å²) in [5.41, 5.74) is 7.80. The van der Waals surface area contributed by atoms with Crippen molar-refractivity contribution < 1.29 is 27.5 Å². The van der Waals surface area contributed by atoms with Crippen LogP contribution >= 0.6 is 0 Å². The third kappa shape index (κ3) is 7.27. The van der Waals surface area contributed by atoms with Crippen molar-refractivity contribution in [2.75, 3.05) is 13.2 Å². The van der Waals surface area contributed by atoms with Gasteiger partial charge in [-0.1, -0.05) is 12.1 Å². The Bertz CT molecular complexity index is 407. The first-order valence-electron chi connectivity index (χ1n) is 5.28. The molecule has 0 spiro atoms. The molecule has 0 radical (unpaired) electrons. The Morgan fingerprint density at radius 1 is 1.26 bits per heavy atom. The van der Waals surface area contributed by atoms with Crippen LogP contribution in [0.1, 0.15) is 5.56 Å². The molecule has 0 atom stereocenters. The molecule has 1 aromatic rings. The fourth-order valence-corrected chi connectivity index (χ4v) is 1.13. The second-order valence-corrected chi connectivity index (χ2v) is 3.62. The van der Waals surface area contributed by atoms with E-state index in [2.05, 4.69) is 10.3 Å². The van der Waals surface area contributed by atoms with Crippen LogP contribution in [0.5, 0.6) is 5.75 Å². The Morgan fingerprint density at radius 2 is 1.89 bits per heavy atom. The molecule has 106 valence electrons. The van der Waals surface area contributed by atoms with Gasteiger partial charge in [-0.3, -0.25) is 9.63 Å². The maximum atomic E-state index is 11.8. The molecule has 0 aliphatic carbocycles.